The van der Waals surface area contributed by atoms with Crippen molar-refractivity contribution in [1.29, 1.82) is 0 Å². The van der Waals surface area contributed by atoms with E-state index in [4.69, 9.17) is 0 Å². The van der Waals surface area contributed by atoms with Crippen LogP contribution in [0, 0.1) is 0 Å². The molecule has 2 rings (SSSR count). The summed E-state index contributed by atoms with van der Waals surface area (Å²) in [5.74, 6) is 0.616. The molecule has 2 heteroatoms. The lowest BCUT2D eigenvalue weighted by molar-refractivity contribution is 0.322. The molecule has 1 aliphatic heterocycles. The van der Waals surface area contributed by atoms with Gasteiger partial charge in [0.05, 0.1) is 0 Å². The van der Waals surface area contributed by atoms with E-state index >= 15 is 0 Å². The number of anilines is 1. The number of nitrogens with zero attached hydrogens (tertiary/aromatic N) is 1. The molecule has 0 spiro atoms. The van der Waals surface area contributed by atoms with Gasteiger partial charge in [0.1, 0.15) is 0 Å². The van der Waals surface area contributed by atoms with Crippen LogP contribution in [0.25, 0.3) is 0 Å². The highest BCUT2D eigenvalue weighted by atomic mass is 15.2. The number of nitrogens with one attached hydrogen (secondary N) is 1. The lowest BCUT2D eigenvalue weighted by atomic mass is 10.0. The third-order valence-electron chi connectivity index (χ3n) is 3.79. The Hall–Kier alpha value is -1.02. The predicted molar refractivity (Wildman–Crippen MR) is 74.7 cm³/mol. The fourth-order valence-electron chi connectivity index (χ4n) is 2.46. The number of hydrogen-bond acceptors (Lipinski definition) is 2. The molecule has 1 saturated heterocycles. The first-order valence-electron chi connectivity index (χ1n) is 6.71. The number of likely N-dealkylation sites (N-methyl/N-ethyl adjacent to an activating group) is 1. The summed E-state index contributed by atoms with van der Waals surface area (Å²) in [7, 11) is 2.22. The van der Waals surface area contributed by atoms with Crippen molar-refractivity contribution >= 4 is 5.69 Å². The third kappa shape index (κ3) is 3.22. The summed E-state index contributed by atoms with van der Waals surface area (Å²) in [5, 5.41) is 3.54. The molecule has 1 aliphatic rings. The second-order valence-corrected chi connectivity index (χ2v) is 5.43. The zero-order valence-electron chi connectivity index (χ0n) is 11.2. The van der Waals surface area contributed by atoms with Gasteiger partial charge in [-0.15, -0.1) is 0 Å². The molecule has 1 aromatic rings. The van der Waals surface area contributed by atoms with Gasteiger partial charge in [0, 0.05) is 18.3 Å². The maximum absolute atomic E-state index is 3.54. The number of likely N-dealkylation sites (tertiary alicyclic amines) is 1. The zero-order valence-corrected chi connectivity index (χ0v) is 11.2. The van der Waals surface area contributed by atoms with E-state index in [2.05, 4.69) is 55.4 Å². The molecule has 0 bridgehead atoms. The van der Waals surface area contributed by atoms with Crippen molar-refractivity contribution in [1.82, 2.24) is 4.90 Å². The van der Waals surface area contributed by atoms with E-state index in [9.17, 15) is 0 Å². The zero-order chi connectivity index (χ0) is 12.3. The average Bonchev–Trinajstić information content (AvgIpc) is 2.73. The molecule has 0 aromatic heterocycles. The van der Waals surface area contributed by atoms with E-state index < -0.39 is 0 Å². The second-order valence-electron chi connectivity index (χ2n) is 5.43. The summed E-state index contributed by atoms with van der Waals surface area (Å²) >= 11 is 0. The van der Waals surface area contributed by atoms with Gasteiger partial charge in [0.15, 0.2) is 0 Å². The van der Waals surface area contributed by atoms with E-state index in [1.165, 1.54) is 30.6 Å². The van der Waals surface area contributed by atoms with Crippen molar-refractivity contribution in [3.63, 3.8) is 0 Å². The summed E-state index contributed by atoms with van der Waals surface area (Å²) in [6.07, 6.45) is 2.67. The van der Waals surface area contributed by atoms with Gasteiger partial charge >= 0.3 is 0 Å². The SMILES string of the molecule is CC(C)c1ccc(NCC2CCCN2C)cc1. The Morgan fingerprint density at radius 3 is 2.53 bits per heavy atom. The van der Waals surface area contributed by atoms with Crippen LogP contribution < -0.4 is 5.32 Å². The summed E-state index contributed by atoms with van der Waals surface area (Å²) in [4.78, 5) is 2.45. The van der Waals surface area contributed by atoms with E-state index in [0.717, 1.165) is 6.54 Å². The first-order chi connectivity index (χ1) is 8.16. The molecule has 0 radical (unpaired) electrons. The molecule has 1 heterocycles. The van der Waals surface area contributed by atoms with Gasteiger partial charge in [-0.05, 0) is 50.0 Å². The van der Waals surface area contributed by atoms with E-state index in [0.29, 0.717) is 12.0 Å². The highest BCUT2D eigenvalue weighted by molar-refractivity contribution is 5.45. The minimum absolute atomic E-state index is 0.616. The van der Waals surface area contributed by atoms with Crippen molar-refractivity contribution in [2.45, 2.75) is 38.6 Å². The van der Waals surface area contributed by atoms with E-state index in [1.54, 1.807) is 0 Å². The first kappa shape index (κ1) is 12.4. The van der Waals surface area contributed by atoms with Crippen LogP contribution in [0.5, 0.6) is 0 Å². The van der Waals surface area contributed by atoms with Crippen molar-refractivity contribution < 1.29 is 0 Å². The van der Waals surface area contributed by atoms with Crippen LogP contribution in [0.3, 0.4) is 0 Å². The van der Waals surface area contributed by atoms with Gasteiger partial charge in [0.25, 0.3) is 0 Å². The predicted octanol–water partition coefficient (Wildman–Crippen LogP) is 3.32. The van der Waals surface area contributed by atoms with Gasteiger partial charge in [-0.3, -0.25) is 0 Å². The summed E-state index contributed by atoms with van der Waals surface area (Å²) < 4.78 is 0. The average molecular weight is 232 g/mol. The lowest BCUT2D eigenvalue weighted by Crippen LogP contribution is -2.31. The Morgan fingerprint density at radius 2 is 2.00 bits per heavy atom. The molecule has 1 N–H and O–H groups in total. The molecule has 1 atom stereocenters. The molecule has 2 nitrogen and oxygen atoms in total. The Bertz CT molecular complexity index is 342. The first-order valence-corrected chi connectivity index (χ1v) is 6.71. The van der Waals surface area contributed by atoms with Crippen LogP contribution in [0.15, 0.2) is 24.3 Å². The van der Waals surface area contributed by atoms with Crippen molar-refractivity contribution in [2.75, 3.05) is 25.5 Å². The van der Waals surface area contributed by atoms with Crippen LogP contribution in [-0.4, -0.2) is 31.1 Å². The Labute approximate surface area is 105 Å². The molecule has 1 unspecified atom stereocenters. The van der Waals surface area contributed by atoms with Gasteiger partial charge in [-0.1, -0.05) is 26.0 Å². The highest BCUT2D eigenvalue weighted by Gasteiger charge is 2.19. The fourth-order valence-corrected chi connectivity index (χ4v) is 2.46. The van der Waals surface area contributed by atoms with Crippen molar-refractivity contribution in [3.05, 3.63) is 29.8 Å². The Morgan fingerprint density at radius 1 is 1.29 bits per heavy atom. The molecule has 1 fully saturated rings. The number of benzene rings is 1. The maximum atomic E-state index is 3.54. The smallest absolute Gasteiger partial charge is 0.0340 e. The molecule has 0 saturated carbocycles. The summed E-state index contributed by atoms with van der Waals surface area (Å²) in [5.41, 5.74) is 2.66. The van der Waals surface area contributed by atoms with E-state index in [1.807, 2.05) is 0 Å². The fraction of sp³-hybridized carbons (Fsp3) is 0.600. The second kappa shape index (κ2) is 5.54. The molecular formula is C15H24N2. The molecular weight excluding hydrogens is 208 g/mol. The largest absolute Gasteiger partial charge is 0.383 e. The van der Waals surface area contributed by atoms with Crippen molar-refractivity contribution in [2.24, 2.45) is 0 Å². The quantitative estimate of drug-likeness (QED) is 0.856. The maximum Gasteiger partial charge on any atom is 0.0340 e. The lowest BCUT2D eigenvalue weighted by Gasteiger charge is -2.20. The number of hydrogen-bond donors (Lipinski definition) is 1. The molecule has 0 amide bonds. The minimum Gasteiger partial charge on any atom is -0.383 e. The minimum atomic E-state index is 0.616. The van der Waals surface area contributed by atoms with Crippen LogP contribution in [0.1, 0.15) is 38.2 Å². The van der Waals surface area contributed by atoms with Crippen molar-refractivity contribution in [3.8, 4) is 0 Å². The van der Waals surface area contributed by atoms with Gasteiger partial charge in [-0.2, -0.15) is 0 Å². The van der Waals surface area contributed by atoms with Crippen LogP contribution in [0.4, 0.5) is 5.69 Å². The molecule has 94 valence electrons. The Kier molecular flexibility index (Phi) is 4.06. The van der Waals surface area contributed by atoms with Gasteiger partial charge in [0.2, 0.25) is 0 Å². The van der Waals surface area contributed by atoms with Crippen LogP contribution in [0.2, 0.25) is 0 Å². The molecule has 0 aliphatic carbocycles. The van der Waals surface area contributed by atoms with Crippen LogP contribution >= 0.6 is 0 Å². The standard InChI is InChI=1S/C15H24N2/c1-12(2)13-6-8-14(9-7-13)16-11-15-5-4-10-17(15)3/h6-9,12,15-16H,4-5,10-11H2,1-3H3. The summed E-state index contributed by atoms with van der Waals surface area (Å²) in [6, 6.07) is 9.56. The normalized spacial score (nSPS) is 21.1. The third-order valence-corrected chi connectivity index (χ3v) is 3.79. The van der Waals surface area contributed by atoms with Gasteiger partial charge in [-0.25, -0.2) is 0 Å². The van der Waals surface area contributed by atoms with Crippen LogP contribution in [-0.2, 0) is 0 Å². The van der Waals surface area contributed by atoms with E-state index in [-0.39, 0.29) is 0 Å². The molecule has 17 heavy (non-hydrogen) atoms. The summed E-state index contributed by atoms with van der Waals surface area (Å²) in [6.45, 7) is 6.78. The highest BCUT2D eigenvalue weighted by Crippen LogP contribution is 2.19. The Balaban J connectivity index is 1.86. The monoisotopic (exact) mass is 232 g/mol. The molecule has 1 aromatic carbocycles. The number of rotatable bonds is 4. The van der Waals surface area contributed by atoms with Gasteiger partial charge < -0.3 is 10.2 Å². The topological polar surface area (TPSA) is 15.3 Å².